The van der Waals surface area contributed by atoms with Crippen LogP contribution in [0.2, 0.25) is 0 Å². The Labute approximate surface area is 87.1 Å². The molecule has 0 fully saturated rings. The second-order valence-electron chi connectivity index (χ2n) is 3.07. The molecule has 1 atom stereocenters. The van der Waals surface area contributed by atoms with Gasteiger partial charge in [0.2, 0.25) is 0 Å². The second-order valence-corrected chi connectivity index (χ2v) is 3.98. The van der Waals surface area contributed by atoms with Crippen molar-refractivity contribution in [2.45, 2.75) is 39.2 Å². The summed E-state index contributed by atoms with van der Waals surface area (Å²) in [4.78, 5) is 0. The first kappa shape index (κ1) is 12.9. The van der Waals surface area contributed by atoms with E-state index in [0.29, 0.717) is 6.04 Å². The van der Waals surface area contributed by atoms with Gasteiger partial charge in [-0.25, -0.2) is 0 Å². The minimum Gasteiger partial charge on any atom is -0.313 e. The van der Waals surface area contributed by atoms with Gasteiger partial charge in [-0.05, 0) is 32.6 Å². The first-order valence-corrected chi connectivity index (χ1v) is 6.36. The Morgan fingerprint density at radius 2 is 2.23 bits per heavy atom. The Kier molecular flexibility index (Phi) is 9.85. The summed E-state index contributed by atoms with van der Waals surface area (Å²) in [6, 6.07) is 0.649. The molecule has 0 spiro atoms. The Morgan fingerprint density at radius 3 is 2.77 bits per heavy atom. The molecular formula is C11H21NS. The van der Waals surface area contributed by atoms with E-state index in [1.54, 1.807) is 0 Å². The summed E-state index contributed by atoms with van der Waals surface area (Å²) in [6.07, 6.45) is 5.58. The summed E-state index contributed by atoms with van der Waals surface area (Å²) in [7, 11) is 0. The van der Waals surface area contributed by atoms with Crippen LogP contribution in [0, 0.1) is 11.8 Å². The molecule has 1 N–H and O–H groups in total. The molecule has 0 rings (SSSR count). The number of thioether (sulfide) groups is 1. The van der Waals surface area contributed by atoms with Crippen molar-refractivity contribution >= 4 is 11.8 Å². The number of hydrogen-bond acceptors (Lipinski definition) is 2. The van der Waals surface area contributed by atoms with Crippen molar-refractivity contribution in [3.8, 4) is 11.8 Å². The van der Waals surface area contributed by atoms with E-state index in [1.807, 2.05) is 18.7 Å². The number of rotatable bonds is 7. The van der Waals surface area contributed by atoms with Crippen molar-refractivity contribution in [3.05, 3.63) is 0 Å². The van der Waals surface area contributed by atoms with Crippen LogP contribution >= 0.6 is 11.8 Å². The lowest BCUT2D eigenvalue weighted by Gasteiger charge is -2.15. The van der Waals surface area contributed by atoms with Crippen LogP contribution in [0.15, 0.2) is 0 Å². The topological polar surface area (TPSA) is 12.0 Å². The van der Waals surface area contributed by atoms with Crippen LogP contribution in [0.4, 0.5) is 0 Å². The Bertz CT molecular complexity index is 157. The standard InChI is InChI=1S/C11H21NS/c1-4-6-7-8-11(10-13-3)12-9-5-2/h11-12H,5,7-10H2,1-3H3. The molecule has 0 heterocycles. The molecule has 0 aromatic carbocycles. The van der Waals surface area contributed by atoms with Gasteiger partial charge in [0.25, 0.3) is 0 Å². The molecule has 0 bridgehead atoms. The molecule has 0 amide bonds. The third-order valence-electron chi connectivity index (χ3n) is 1.85. The number of hydrogen-bond donors (Lipinski definition) is 1. The fraction of sp³-hybridized carbons (Fsp3) is 0.818. The van der Waals surface area contributed by atoms with Crippen LogP contribution in [0.25, 0.3) is 0 Å². The monoisotopic (exact) mass is 199 g/mol. The largest absolute Gasteiger partial charge is 0.313 e. The predicted molar refractivity (Wildman–Crippen MR) is 63.1 cm³/mol. The number of nitrogens with one attached hydrogen (secondary N) is 1. The third kappa shape index (κ3) is 8.21. The van der Waals surface area contributed by atoms with Gasteiger partial charge in [-0.15, -0.1) is 11.8 Å². The van der Waals surface area contributed by atoms with Gasteiger partial charge < -0.3 is 5.32 Å². The summed E-state index contributed by atoms with van der Waals surface area (Å²) < 4.78 is 0. The molecule has 2 heteroatoms. The molecule has 0 aromatic rings. The molecule has 0 aromatic heterocycles. The molecule has 1 unspecified atom stereocenters. The molecule has 0 aliphatic carbocycles. The van der Waals surface area contributed by atoms with Crippen LogP contribution < -0.4 is 5.32 Å². The smallest absolute Gasteiger partial charge is 0.0167 e. The van der Waals surface area contributed by atoms with Gasteiger partial charge in [0.05, 0.1) is 0 Å². The van der Waals surface area contributed by atoms with Crippen LogP contribution in [0.5, 0.6) is 0 Å². The maximum atomic E-state index is 3.54. The maximum Gasteiger partial charge on any atom is 0.0167 e. The van der Waals surface area contributed by atoms with Crippen LogP contribution in [-0.4, -0.2) is 24.6 Å². The highest BCUT2D eigenvalue weighted by Crippen LogP contribution is 2.03. The first-order chi connectivity index (χ1) is 6.35. The van der Waals surface area contributed by atoms with E-state index in [4.69, 9.17) is 0 Å². The van der Waals surface area contributed by atoms with E-state index in [0.717, 1.165) is 13.0 Å². The van der Waals surface area contributed by atoms with Gasteiger partial charge in [0.1, 0.15) is 0 Å². The van der Waals surface area contributed by atoms with Crippen molar-refractivity contribution in [1.29, 1.82) is 0 Å². The first-order valence-electron chi connectivity index (χ1n) is 4.97. The summed E-state index contributed by atoms with van der Waals surface area (Å²) in [5.74, 6) is 7.25. The minimum atomic E-state index is 0.649. The summed E-state index contributed by atoms with van der Waals surface area (Å²) in [5.41, 5.74) is 0. The van der Waals surface area contributed by atoms with Crippen molar-refractivity contribution in [3.63, 3.8) is 0 Å². The summed E-state index contributed by atoms with van der Waals surface area (Å²) in [5, 5.41) is 3.54. The molecule has 0 saturated carbocycles. The summed E-state index contributed by atoms with van der Waals surface area (Å²) >= 11 is 1.91. The van der Waals surface area contributed by atoms with E-state index in [1.165, 1.54) is 18.6 Å². The van der Waals surface area contributed by atoms with E-state index < -0.39 is 0 Å². The van der Waals surface area contributed by atoms with Crippen molar-refractivity contribution in [2.24, 2.45) is 0 Å². The molecule has 13 heavy (non-hydrogen) atoms. The van der Waals surface area contributed by atoms with Crippen LogP contribution in [0.1, 0.15) is 33.1 Å². The average molecular weight is 199 g/mol. The van der Waals surface area contributed by atoms with E-state index in [2.05, 4.69) is 30.3 Å². The van der Waals surface area contributed by atoms with Crippen molar-refractivity contribution in [1.82, 2.24) is 5.32 Å². The van der Waals surface area contributed by atoms with E-state index in [-0.39, 0.29) is 0 Å². The zero-order valence-electron chi connectivity index (χ0n) is 9.02. The second kappa shape index (κ2) is 9.95. The quantitative estimate of drug-likeness (QED) is 0.632. The van der Waals surface area contributed by atoms with Gasteiger partial charge in [-0.3, -0.25) is 0 Å². The van der Waals surface area contributed by atoms with Gasteiger partial charge in [0.15, 0.2) is 0 Å². The molecule has 0 saturated heterocycles. The molecule has 76 valence electrons. The molecule has 0 radical (unpaired) electrons. The molecular weight excluding hydrogens is 178 g/mol. The third-order valence-corrected chi connectivity index (χ3v) is 2.58. The van der Waals surface area contributed by atoms with Gasteiger partial charge in [-0.2, -0.15) is 11.8 Å². The Balaban J connectivity index is 3.57. The zero-order chi connectivity index (χ0) is 9.94. The average Bonchev–Trinajstić information content (AvgIpc) is 2.14. The van der Waals surface area contributed by atoms with Crippen molar-refractivity contribution in [2.75, 3.05) is 18.6 Å². The molecule has 1 nitrogen and oxygen atoms in total. The fourth-order valence-electron chi connectivity index (χ4n) is 1.17. The zero-order valence-corrected chi connectivity index (χ0v) is 9.84. The van der Waals surface area contributed by atoms with Gasteiger partial charge in [-0.1, -0.05) is 6.92 Å². The normalized spacial score (nSPS) is 11.9. The molecule has 0 aliphatic rings. The highest BCUT2D eigenvalue weighted by Gasteiger charge is 2.04. The van der Waals surface area contributed by atoms with Crippen molar-refractivity contribution < 1.29 is 0 Å². The summed E-state index contributed by atoms with van der Waals surface area (Å²) in [6.45, 7) is 5.24. The molecule has 0 aliphatic heterocycles. The Morgan fingerprint density at radius 1 is 1.46 bits per heavy atom. The SMILES string of the molecule is CC#CCCC(CSC)NCCC. The lowest BCUT2D eigenvalue weighted by Crippen LogP contribution is -2.31. The van der Waals surface area contributed by atoms with E-state index >= 15 is 0 Å². The van der Waals surface area contributed by atoms with Crippen LogP contribution in [0.3, 0.4) is 0 Å². The van der Waals surface area contributed by atoms with Crippen LogP contribution in [-0.2, 0) is 0 Å². The van der Waals surface area contributed by atoms with Gasteiger partial charge >= 0.3 is 0 Å². The van der Waals surface area contributed by atoms with E-state index in [9.17, 15) is 0 Å². The highest BCUT2D eigenvalue weighted by atomic mass is 32.2. The highest BCUT2D eigenvalue weighted by molar-refractivity contribution is 7.98. The Hall–Kier alpha value is -0.130. The maximum absolute atomic E-state index is 3.54. The fourth-order valence-corrected chi connectivity index (χ4v) is 1.85. The lowest BCUT2D eigenvalue weighted by atomic mass is 10.2. The predicted octanol–water partition coefficient (Wildman–Crippen LogP) is 2.52. The lowest BCUT2D eigenvalue weighted by molar-refractivity contribution is 0.527. The van der Waals surface area contributed by atoms with Gasteiger partial charge in [0, 0.05) is 18.2 Å². The minimum absolute atomic E-state index is 0.649.